The first-order valence-corrected chi connectivity index (χ1v) is 6.70. The van der Waals surface area contributed by atoms with Gasteiger partial charge in [-0.05, 0) is 15.9 Å². The van der Waals surface area contributed by atoms with Crippen molar-refractivity contribution in [2.75, 3.05) is 0 Å². The number of rotatable bonds is 2. The van der Waals surface area contributed by atoms with Crippen LogP contribution in [0.3, 0.4) is 0 Å². The summed E-state index contributed by atoms with van der Waals surface area (Å²) >= 11 is 3.37. The van der Waals surface area contributed by atoms with Crippen LogP contribution in [0, 0.1) is 0 Å². The molecule has 0 spiro atoms. The van der Waals surface area contributed by atoms with Gasteiger partial charge in [-0.15, -0.1) is 5.10 Å². The first-order chi connectivity index (χ1) is 9.70. The maximum atomic E-state index is 4.54. The van der Waals surface area contributed by atoms with E-state index in [-0.39, 0.29) is 0 Å². The topological polar surface area (TPSA) is 78.7 Å². The molecular formula is C11H9BrN8. The zero-order valence-corrected chi connectivity index (χ0v) is 12.1. The van der Waals surface area contributed by atoms with Crippen molar-refractivity contribution < 1.29 is 0 Å². The Kier molecular flexibility index (Phi) is 2.36. The summed E-state index contributed by atoms with van der Waals surface area (Å²) in [6.07, 6.45) is 7.01. The maximum Gasteiger partial charge on any atom is 0.173 e. The van der Waals surface area contributed by atoms with Gasteiger partial charge >= 0.3 is 0 Å². The van der Waals surface area contributed by atoms with Crippen LogP contribution in [-0.2, 0) is 13.6 Å². The lowest BCUT2D eigenvalue weighted by molar-refractivity contribution is 0.653. The molecule has 0 amide bonds. The SMILES string of the molecule is Cn1ncc2c1ncn1nc(Cn3cc(Br)cn3)nc21. The first kappa shape index (κ1) is 11.5. The molecule has 0 N–H and O–H groups in total. The van der Waals surface area contributed by atoms with Gasteiger partial charge in [0.15, 0.2) is 17.1 Å². The summed E-state index contributed by atoms with van der Waals surface area (Å²) in [5.41, 5.74) is 1.54. The summed E-state index contributed by atoms with van der Waals surface area (Å²) in [6, 6.07) is 0. The molecule has 4 heterocycles. The molecule has 0 aliphatic heterocycles. The second-order valence-electron chi connectivity index (χ2n) is 4.40. The number of nitrogens with zero attached hydrogens (tertiary/aromatic N) is 8. The van der Waals surface area contributed by atoms with Gasteiger partial charge in [-0.2, -0.15) is 10.2 Å². The molecule has 4 aromatic rings. The van der Waals surface area contributed by atoms with Gasteiger partial charge in [0.05, 0.1) is 22.3 Å². The molecular weight excluding hydrogens is 324 g/mol. The van der Waals surface area contributed by atoms with Crippen molar-refractivity contribution in [2.45, 2.75) is 6.54 Å². The van der Waals surface area contributed by atoms with Gasteiger partial charge in [0, 0.05) is 13.2 Å². The molecule has 0 saturated heterocycles. The Morgan fingerprint density at radius 2 is 2.10 bits per heavy atom. The summed E-state index contributed by atoms with van der Waals surface area (Å²) in [7, 11) is 1.85. The molecule has 0 aliphatic rings. The highest BCUT2D eigenvalue weighted by Gasteiger charge is 2.11. The molecule has 0 aliphatic carbocycles. The van der Waals surface area contributed by atoms with Crippen molar-refractivity contribution >= 4 is 32.6 Å². The van der Waals surface area contributed by atoms with Crippen LogP contribution < -0.4 is 0 Å². The molecule has 20 heavy (non-hydrogen) atoms. The third-order valence-electron chi connectivity index (χ3n) is 3.02. The molecule has 9 heteroatoms. The van der Waals surface area contributed by atoms with Crippen LogP contribution in [0.2, 0.25) is 0 Å². The van der Waals surface area contributed by atoms with Crippen LogP contribution in [-0.4, -0.2) is 39.1 Å². The fourth-order valence-electron chi connectivity index (χ4n) is 2.12. The number of halogens is 1. The van der Waals surface area contributed by atoms with Crippen molar-refractivity contribution in [1.29, 1.82) is 0 Å². The minimum absolute atomic E-state index is 0.509. The van der Waals surface area contributed by atoms with Gasteiger partial charge in [0.25, 0.3) is 0 Å². The quantitative estimate of drug-likeness (QED) is 0.547. The largest absolute Gasteiger partial charge is 0.264 e. The second-order valence-corrected chi connectivity index (χ2v) is 5.32. The Bertz CT molecular complexity index is 917. The Morgan fingerprint density at radius 3 is 2.90 bits per heavy atom. The highest BCUT2D eigenvalue weighted by Crippen LogP contribution is 2.15. The van der Waals surface area contributed by atoms with Crippen LogP contribution in [0.15, 0.2) is 29.4 Å². The lowest BCUT2D eigenvalue weighted by Crippen LogP contribution is -2.02. The van der Waals surface area contributed by atoms with Gasteiger partial charge in [-0.3, -0.25) is 9.36 Å². The lowest BCUT2D eigenvalue weighted by Gasteiger charge is -1.93. The molecule has 0 saturated carbocycles. The van der Waals surface area contributed by atoms with Crippen LogP contribution in [0.1, 0.15) is 5.82 Å². The predicted octanol–water partition coefficient (Wildman–Crippen LogP) is 1.02. The zero-order valence-electron chi connectivity index (χ0n) is 10.5. The van der Waals surface area contributed by atoms with Gasteiger partial charge in [-0.25, -0.2) is 14.5 Å². The number of aryl methyl sites for hydroxylation is 1. The highest BCUT2D eigenvalue weighted by atomic mass is 79.9. The molecule has 0 bridgehead atoms. The van der Waals surface area contributed by atoms with E-state index in [0.717, 1.165) is 21.2 Å². The van der Waals surface area contributed by atoms with E-state index in [1.807, 2.05) is 13.2 Å². The fraction of sp³-hybridized carbons (Fsp3) is 0.182. The summed E-state index contributed by atoms with van der Waals surface area (Å²) in [5, 5.41) is 13.7. The van der Waals surface area contributed by atoms with Crippen LogP contribution in [0.5, 0.6) is 0 Å². The second kappa shape index (κ2) is 4.10. The van der Waals surface area contributed by atoms with E-state index in [1.165, 1.54) is 0 Å². The average Bonchev–Trinajstić information content (AvgIpc) is 3.09. The average molecular weight is 333 g/mol. The van der Waals surface area contributed by atoms with E-state index in [9.17, 15) is 0 Å². The molecule has 0 radical (unpaired) electrons. The van der Waals surface area contributed by atoms with Crippen LogP contribution >= 0.6 is 15.9 Å². The third-order valence-corrected chi connectivity index (χ3v) is 3.43. The lowest BCUT2D eigenvalue weighted by atomic mass is 10.4. The Labute approximate surface area is 121 Å². The van der Waals surface area contributed by atoms with Crippen LogP contribution in [0.25, 0.3) is 16.7 Å². The molecule has 0 fully saturated rings. The number of fused-ring (bicyclic) bond motifs is 3. The van der Waals surface area contributed by atoms with Crippen molar-refractivity contribution in [2.24, 2.45) is 7.05 Å². The molecule has 0 atom stereocenters. The highest BCUT2D eigenvalue weighted by molar-refractivity contribution is 9.10. The van der Waals surface area contributed by atoms with Gasteiger partial charge in [0.1, 0.15) is 12.9 Å². The molecule has 4 rings (SSSR count). The monoisotopic (exact) mass is 332 g/mol. The van der Waals surface area contributed by atoms with Crippen LogP contribution in [0.4, 0.5) is 0 Å². The number of hydrogen-bond donors (Lipinski definition) is 0. The van der Waals surface area contributed by atoms with E-state index in [2.05, 4.69) is 41.2 Å². The zero-order chi connectivity index (χ0) is 13.7. The summed E-state index contributed by atoms with van der Waals surface area (Å²) in [5.74, 6) is 0.679. The maximum absolute atomic E-state index is 4.54. The third kappa shape index (κ3) is 1.70. The van der Waals surface area contributed by atoms with E-state index >= 15 is 0 Å². The van der Waals surface area contributed by atoms with Crippen molar-refractivity contribution in [3.8, 4) is 0 Å². The summed E-state index contributed by atoms with van der Waals surface area (Å²) < 4.78 is 6.08. The standard InChI is InChI=1S/C11H9BrN8/c1-18-10-8(3-14-18)11-16-9(17-20(11)6-13-10)5-19-4-7(12)2-15-19/h2-4,6H,5H2,1H3. The predicted molar refractivity (Wildman–Crippen MR) is 74.1 cm³/mol. The minimum atomic E-state index is 0.509. The van der Waals surface area contributed by atoms with Crippen molar-refractivity contribution in [1.82, 2.24) is 39.1 Å². The summed E-state index contributed by atoms with van der Waals surface area (Å²) in [6.45, 7) is 0.509. The van der Waals surface area contributed by atoms with E-state index in [4.69, 9.17) is 0 Å². The number of aromatic nitrogens is 8. The van der Waals surface area contributed by atoms with Gasteiger partial charge in [-0.1, -0.05) is 0 Å². The Balaban J connectivity index is 1.83. The Morgan fingerprint density at radius 1 is 1.20 bits per heavy atom. The molecule has 4 aromatic heterocycles. The normalized spacial score (nSPS) is 11.7. The van der Waals surface area contributed by atoms with Crippen molar-refractivity contribution in [3.63, 3.8) is 0 Å². The van der Waals surface area contributed by atoms with Gasteiger partial charge < -0.3 is 0 Å². The number of hydrogen-bond acceptors (Lipinski definition) is 5. The molecule has 100 valence electrons. The summed E-state index contributed by atoms with van der Waals surface area (Å²) in [4.78, 5) is 8.87. The van der Waals surface area contributed by atoms with Crippen molar-refractivity contribution in [3.05, 3.63) is 35.2 Å². The minimum Gasteiger partial charge on any atom is -0.264 e. The molecule has 8 nitrogen and oxygen atoms in total. The smallest absolute Gasteiger partial charge is 0.173 e. The molecule has 0 unspecified atom stereocenters. The first-order valence-electron chi connectivity index (χ1n) is 5.90. The van der Waals surface area contributed by atoms with E-state index in [1.54, 1.807) is 32.6 Å². The van der Waals surface area contributed by atoms with Gasteiger partial charge in [0.2, 0.25) is 0 Å². The molecule has 0 aromatic carbocycles. The Hall–Kier alpha value is -2.29. The fourth-order valence-corrected chi connectivity index (χ4v) is 2.45. The van der Waals surface area contributed by atoms with E-state index < -0.39 is 0 Å². The van der Waals surface area contributed by atoms with E-state index in [0.29, 0.717) is 12.4 Å².